The number of nitrogens with zero attached hydrogens (tertiary/aromatic N) is 1. The average molecular weight is 210 g/mol. The fourth-order valence-electron chi connectivity index (χ4n) is 2.80. The molecule has 0 aromatic heterocycles. The van der Waals surface area contributed by atoms with E-state index in [-0.39, 0.29) is 5.92 Å². The van der Waals surface area contributed by atoms with Crippen LogP contribution in [-0.4, -0.2) is 37.0 Å². The summed E-state index contributed by atoms with van der Waals surface area (Å²) >= 11 is 0. The number of hydrogen-bond acceptors (Lipinski definition) is 2. The molecule has 1 saturated heterocycles. The van der Waals surface area contributed by atoms with Crippen LogP contribution in [0.2, 0.25) is 0 Å². The third kappa shape index (κ3) is 2.51. The highest BCUT2D eigenvalue weighted by Crippen LogP contribution is 2.23. The lowest BCUT2D eigenvalue weighted by Gasteiger charge is -2.32. The third-order valence-corrected chi connectivity index (χ3v) is 3.88. The number of amides is 1. The molecule has 3 heteroatoms. The van der Waals surface area contributed by atoms with Crippen LogP contribution in [0.4, 0.5) is 0 Å². The Morgan fingerprint density at radius 3 is 2.53 bits per heavy atom. The van der Waals surface area contributed by atoms with E-state index in [1.54, 1.807) is 0 Å². The SMILES string of the molecule is CN(C(=O)[C@@H]1CCNC1)C1CCCCC1. The minimum atomic E-state index is 0.247. The topological polar surface area (TPSA) is 32.3 Å². The summed E-state index contributed by atoms with van der Waals surface area (Å²) in [6, 6.07) is 0.520. The molecule has 3 nitrogen and oxygen atoms in total. The summed E-state index contributed by atoms with van der Waals surface area (Å²) in [7, 11) is 2.00. The van der Waals surface area contributed by atoms with Crippen LogP contribution >= 0.6 is 0 Å². The Hall–Kier alpha value is -0.570. The number of rotatable bonds is 2. The van der Waals surface area contributed by atoms with Gasteiger partial charge in [-0.1, -0.05) is 19.3 Å². The van der Waals surface area contributed by atoms with Crippen LogP contribution in [-0.2, 0) is 4.79 Å². The second kappa shape index (κ2) is 4.97. The third-order valence-electron chi connectivity index (χ3n) is 3.88. The maximum atomic E-state index is 12.1. The zero-order valence-corrected chi connectivity index (χ0v) is 9.67. The van der Waals surface area contributed by atoms with Crippen molar-refractivity contribution >= 4 is 5.91 Å². The first kappa shape index (κ1) is 10.9. The Bertz CT molecular complexity index is 218. The summed E-state index contributed by atoms with van der Waals surface area (Å²) in [5.41, 5.74) is 0. The number of carbonyl (C=O) groups excluding carboxylic acids is 1. The van der Waals surface area contributed by atoms with E-state index in [0.29, 0.717) is 11.9 Å². The lowest BCUT2D eigenvalue weighted by molar-refractivity contribution is -0.136. The van der Waals surface area contributed by atoms with Crippen LogP contribution in [0, 0.1) is 5.92 Å². The Kier molecular flexibility index (Phi) is 3.62. The second-order valence-electron chi connectivity index (χ2n) is 4.93. The number of carbonyl (C=O) groups is 1. The molecule has 15 heavy (non-hydrogen) atoms. The van der Waals surface area contributed by atoms with Gasteiger partial charge in [-0.2, -0.15) is 0 Å². The van der Waals surface area contributed by atoms with E-state index in [9.17, 15) is 4.79 Å². The molecule has 0 radical (unpaired) electrons. The summed E-state index contributed by atoms with van der Waals surface area (Å²) in [5.74, 6) is 0.615. The molecule has 1 heterocycles. The zero-order chi connectivity index (χ0) is 10.7. The van der Waals surface area contributed by atoms with Crippen molar-refractivity contribution in [3.63, 3.8) is 0 Å². The Morgan fingerprint density at radius 2 is 1.93 bits per heavy atom. The van der Waals surface area contributed by atoms with E-state index >= 15 is 0 Å². The molecule has 1 aliphatic carbocycles. The standard InChI is InChI=1S/C12H22N2O/c1-14(11-5-3-2-4-6-11)12(15)10-7-8-13-9-10/h10-11,13H,2-9H2,1H3/t10-/m1/s1. The first-order chi connectivity index (χ1) is 7.29. The first-order valence-corrected chi connectivity index (χ1v) is 6.26. The van der Waals surface area contributed by atoms with Gasteiger partial charge in [-0.15, -0.1) is 0 Å². The van der Waals surface area contributed by atoms with Gasteiger partial charge in [-0.05, 0) is 25.8 Å². The van der Waals surface area contributed by atoms with Crippen molar-refractivity contribution < 1.29 is 4.79 Å². The first-order valence-electron chi connectivity index (χ1n) is 6.26. The largest absolute Gasteiger partial charge is 0.342 e. The van der Waals surface area contributed by atoms with Crippen LogP contribution < -0.4 is 5.32 Å². The maximum absolute atomic E-state index is 12.1. The van der Waals surface area contributed by atoms with Gasteiger partial charge in [-0.25, -0.2) is 0 Å². The second-order valence-corrected chi connectivity index (χ2v) is 4.93. The normalized spacial score (nSPS) is 27.9. The van der Waals surface area contributed by atoms with Gasteiger partial charge >= 0.3 is 0 Å². The number of nitrogens with one attached hydrogen (secondary N) is 1. The zero-order valence-electron chi connectivity index (χ0n) is 9.67. The van der Waals surface area contributed by atoms with Gasteiger partial charge < -0.3 is 10.2 Å². The summed E-state index contributed by atoms with van der Waals surface area (Å²) < 4.78 is 0. The van der Waals surface area contributed by atoms with Gasteiger partial charge in [0.2, 0.25) is 5.91 Å². The predicted octanol–water partition coefficient (Wildman–Crippen LogP) is 1.39. The van der Waals surface area contributed by atoms with E-state index in [2.05, 4.69) is 5.32 Å². The van der Waals surface area contributed by atoms with Crippen LogP contribution in [0.15, 0.2) is 0 Å². The minimum Gasteiger partial charge on any atom is -0.342 e. The summed E-state index contributed by atoms with van der Waals surface area (Å²) in [5, 5.41) is 3.26. The van der Waals surface area contributed by atoms with Gasteiger partial charge in [0.1, 0.15) is 0 Å². The molecule has 1 saturated carbocycles. The molecular weight excluding hydrogens is 188 g/mol. The van der Waals surface area contributed by atoms with Crippen molar-refractivity contribution in [3.05, 3.63) is 0 Å². The van der Waals surface area contributed by atoms with Gasteiger partial charge in [0, 0.05) is 19.6 Å². The maximum Gasteiger partial charge on any atom is 0.227 e. The highest BCUT2D eigenvalue weighted by Gasteiger charge is 2.29. The highest BCUT2D eigenvalue weighted by molar-refractivity contribution is 5.79. The molecule has 0 unspecified atom stereocenters. The molecule has 0 spiro atoms. The smallest absolute Gasteiger partial charge is 0.227 e. The fourth-order valence-corrected chi connectivity index (χ4v) is 2.80. The summed E-state index contributed by atoms with van der Waals surface area (Å²) in [6.45, 7) is 1.89. The predicted molar refractivity (Wildman–Crippen MR) is 60.6 cm³/mol. The van der Waals surface area contributed by atoms with Crippen LogP contribution in [0.5, 0.6) is 0 Å². The highest BCUT2D eigenvalue weighted by atomic mass is 16.2. The van der Waals surface area contributed by atoms with Crippen molar-refractivity contribution in [3.8, 4) is 0 Å². The molecule has 1 atom stereocenters. The molecule has 2 rings (SSSR count). The van der Waals surface area contributed by atoms with E-state index in [1.807, 2.05) is 11.9 Å². The van der Waals surface area contributed by atoms with Crippen molar-refractivity contribution in [2.75, 3.05) is 20.1 Å². The van der Waals surface area contributed by atoms with Crippen LogP contribution in [0.25, 0.3) is 0 Å². The molecular formula is C12H22N2O. The molecule has 2 fully saturated rings. The van der Waals surface area contributed by atoms with Crippen molar-refractivity contribution in [1.29, 1.82) is 0 Å². The monoisotopic (exact) mass is 210 g/mol. The van der Waals surface area contributed by atoms with Gasteiger partial charge in [0.15, 0.2) is 0 Å². The van der Waals surface area contributed by atoms with Crippen LogP contribution in [0.3, 0.4) is 0 Å². The molecule has 86 valence electrons. The van der Waals surface area contributed by atoms with E-state index in [4.69, 9.17) is 0 Å². The molecule has 0 aromatic carbocycles. The van der Waals surface area contributed by atoms with Gasteiger partial charge in [-0.3, -0.25) is 4.79 Å². The van der Waals surface area contributed by atoms with Gasteiger partial charge in [0.25, 0.3) is 0 Å². The number of hydrogen-bond donors (Lipinski definition) is 1. The minimum absolute atomic E-state index is 0.247. The molecule has 0 aromatic rings. The van der Waals surface area contributed by atoms with E-state index < -0.39 is 0 Å². The average Bonchev–Trinajstić information content (AvgIpc) is 2.82. The van der Waals surface area contributed by atoms with Crippen molar-refractivity contribution in [1.82, 2.24) is 10.2 Å². The molecule has 2 aliphatic rings. The molecule has 1 amide bonds. The molecule has 1 N–H and O–H groups in total. The molecule has 0 bridgehead atoms. The summed E-state index contributed by atoms with van der Waals surface area (Å²) in [6.07, 6.45) is 7.39. The summed E-state index contributed by atoms with van der Waals surface area (Å²) in [4.78, 5) is 14.2. The Balaban J connectivity index is 1.87. The molecule has 1 aliphatic heterocycles. The Morgan fingerprint density at radius 1 is 1.20 bits per heavy atom. The Labute approximate surface area is 92.2 Å². The van der Waals surface area contributed by atoms with E-state index in [1.165, 1.54) is 32.1 Å². The lowest BCUT2D eigenvalue weighted by Crippen LogP contribution is -2.42. The lowest BCUT2D eigenvalue weighted by atomic mass is 9.93. The van der Waals surface area contributed by atoms with E-state index in [0.717, 1.165) is 19.5 Å². The van der Waals surface area contributed by atoms with Crippen LogP contribution in [0.1, 0.15) is 38.5 Å². The van der Waals surface area contributed by atoms with Gasteiger partial charge in [0.05, 0.1) is 5.92 Å². The van der Waals surface area contributed by atoms with Crippen molar-refractivity contribution in [2.45, 2.75) is 44.6 Å². The quantitative estimate of drug-likeness (QED) is 0.747. The van der Waals surface area contributed by atoms with Crippen molar-refractivity contribution in [2.24, 2.45) is 5.92 Å². The fraction of sp³-hybridized carbons (Fsp3) is 0.917.